The molecule has 1 aromatic carbocycles. The minimum absolute atomic E-state index is 0.106. The first kappa shape index (κ1) is 16.0. The van der Waals surface area contributed by atoms with Crippen LogP contribution in [0.25, 0.3) is 0 Å². The van der Waals surface area contributed by atoms with Crippen LogP contribution >= 0.6 is 0 Å². The Kier molecular flexibility index (Phi) is 5.99. The van der Waals surface area contributed by atoms with Gasteiger partial charge in [0.15, 0.2) is 0 Å². The summed E-state index contributed by atoms with van der Waals surface area (Å²) >= 11 is 0. The van der Waals surface area contributed by atoms with Crippen LogP contribution in [0.2, 0.25) is 0 Å². The predicted octanol–water partition coefficient (Wildman–Crippen LogP) is 0.631. The highest BCUT2D eigenvalue weighted by molar-refractivity contribution is 5.86. The molecule has 1 rings (SSSR count). The molecule has 2 atom stereocenters. The fourth-order valence-electron chi connectivity index (χ4n) is 1.79. The van der Waals surface area contributed by atoms with Gasteiger partial charge < -0.3 is 21.3 Å². The summed E-state index contributed by atoms with van der Waals surface area (Å²) in [6, 6.07) is 4.45. The van der Waals surface area contributed by atoms with E-state index < -0.39 is 24.0 Å². The van der Waals surface area contributed by atoms with Crippen molar-refractivity contribution in [2.24, 2.45) is 5.73 Å². The first-order valence-electron chi connectivity index (χ1n) is 6.50. The van der Waals surface area contributed by atoms with Crippen LogP contribution < -0.4 is 11.1 Å². The Morgan fingerprint density at radius 3 is 2.40 bits per heavy atom. The molecule has 0 saturated heterocycles. The molecule has 0 aliphatic carbocycles. The molecule has 0 fully saturated rings. The third-order valence-electron chi connectivity index (χ3n) is 2.93. The minimum Gasteiger partial charge on any atom is -0.508 e. The van der Waals surface area contributed by atoms with Crippen LogP contribution in [0.3, 0.4) is 0 Å². The highest BCUT2D eigenvalue weighted by Gasteiger charge is 2.23. The average molecular weight is 280 g/mol. The second kappa shape index (κ2) is 7.49. The number of hydrogen-bond donors (Lipinski definition) is 4. The lowest BCUT2D eigenvalue weighted by Crippen LogP contribution is -2.49. The van der Waals surface area contributed by atoms with E-state index in [1.54, 1.807) is 12.1 Å². The van der Waals surface area contributed by atoms with E-state index in [2.05, 4.69) is 5.32 Å². The van der Waals surface area contributed by atoms with Crippen LogP contribution in [0.1, 0.15) is 25.3 Å². The fraction of sp³-hybridized carbons (Fsp3) is 0.429. The first-order chi connectivity index (χ1) is 9.43. The Morgan fingerprint density at radius 1 is 1.30 bits per heavy atom. The molecule has 0 saturated carbocycles. The lowest BCUT2D eigenvalue weighted by molar-refractivity contribution is -0.142. The standard InChI is InChI=1S/C14H20N2O4/c1-2-3-11(15)13(18)16-12(14(19)20)8-9-4-6-10(17)7-5-9/h4-7,11-12,17H,2-3,8,15H2,1H3,(H,16,18)(H,19,20)/t11-,12+/m0/s1. The monoisotopic (exact) mass is 280 g/mol. The number of phenols is 1. The highest BCUT2D eigenvalue weighted by atomic mass is 16.4. The predicted molar refractivity (Wildman–Crippen MR) is 74.3 cm³/mol. The highest BCUT2D eigenvalue weighted by Crippen LogP contribution is 2.11. The van der Waals surface area contributed by atoms with Gasteiger partial charge in [0.2, 0.25) is 5.91 Å². The molecule has 5 N–H and O–H groups in total. The maximum atomic E-state index is 11.8. The lowest BCUT2D eigenvalue weighted by Gasteiger charge is -2.17. The number of hydrogen-bond acceptors (Lipinski definition) is 4. The number of aliphatic carboxylic acids is 1. The average Bonchev–Trinajstić information content (AvgIpc) is 2.40. The van der Waals surface area contributed by atoms with Crippen LogP contribution in [-0.2, 0) is 16.0 Å². The van der Waals surface area contributed by atoms with Crippen molar-refractivity contribution in [1.29, 1.82) is 0 Å². The van der Waals surface area contributed by atoms with Crippen molar-refractivity contribution in [3.63, 3.8) is 0 Å². The minimum atomic E-state index is -1.12. The van der Waals surface area contributed by atoms with E-state index in [0.29, 0.717) is 12.0 Å². The largest absolute Gasteiger partial charge is 0.508 e. The third kappa shape index (κ3) is 4.89. The maximum absolute atomic E-state index is 11.8. The van der Waals surface area contributed by atoms with Crippen LogP contribution in [0.15, 0.2) is 24.3 Å². The normalized spacial score (nSPS) is 13.5. The number of nitrogens with one attached hydrogen (secondary N) is 1. The lowest BCUT2D eigenvalue weighted by atomic mass is 10.0. The van der Waals surface area contributed by atoms with Crippen LogP contribution in [0.5, 0.6) is 5.75 Å². The van der Waals surface area contributed by atoms with Gasteiger partial charge in [0.05, 0.1) is 6.04 Å². The van der Waals surface area contributed by atoms with Crippen molar-refractivity contribution in [2.75, 3.05) is 0 Å². The van der Waals surface area contributed by atoms with Gasteiger partial charge in [-0.1, -0.05) is 25.5 Å². The third-order valence-corrected chi connectivity index (χ3v) is 2.93. The fourth-order valence-corrected chi connectivity index (χ4v) is 1.79. The van der Waals surface area contributed by atoms with E-state index in [1.165, 1.54) is 12.1 Å². The number of carboxylic acids is 1. The zero-order chi connectivity index (χ0) is 15.1. The molecule has 0 heterocycles. The molecular weight excluding hydrogens is 260 g/mol. The number of rotatable bonds is 7. The number of nitrogens with two attached hydrogens (primary N) is 1. The Balaban J connectivity index is 2.67. The van der Waals surface area contributed by atoms with Gasteiger partial charge >= 0.3 is 5.97 Å². The van der Waals surface area contributed by atoms with Gasteiger partial charge in [-0.25, -0.2) is 4.79 Å². The van der Waals surface area contributed by atoms with Crippen LogP contribution in [-0.4, -0.2) is 34.2 Å². The smallest absolute Gasteiger partial charge is 0.326 e. The summed E-state index contributed by atoms with van der Waals surface area (Å²) in [5.41, 5.74) is 6.36. The maximum Gasteiger partial charge on any atom is 0.326 e. The van der Waals surface area contributed by atoms with Crippen LogP contribution in [0, 0.1) is 0 Å². The van der Waals surface area contributed by atoms with Crippen molar-refractivity contribution in [3.8, 4) is 5.75 Å². The number of benzene rings is 1. The number of carboxylic acid groups (broad SMARTS) is 1. The molecule has 0 aromatic heterocycles. The molecule has 110 valence electrons. The number of aromatic hydroxyl groups is 1. The van der Waals surface area contributed by atoms with Gasteiger partial charge in [-0.2, -0.15) is 0 Å². The molecule has 0 unspecified atom stereocenters. The van der Waals surface area contributed by atoms with E-state index in [4.69, 9.17) is 10.8 Å². The molecule has 20 heavy (non-hydrogen) atoms. The number of amides is 1. The SMILES string of the molecule is CCC[C@H](N)C(=O)N[C@H](Cc1ccc(O)cc1)C(=O)O. The van der Waals surface area contributed by atoms with E-state index in [-0.39, 0.29) is 12.2 Å². The van der Waals surface area contributed by atoms with Gasteiger partial charge in [-0.05, 0) is 24.1 Å². The molecule has 1 aromatic rings. The van der Waals surface area contributed by atoms with Gasteiger partial charge in [0.25, 0.3) is 0 Å². The van der Waals surface area contributed by atoms with Crippen molar-refractivity contribution in [2.45, 2.75) is 38.3 Å². The molecule has 6 nitrogen and oxygen atoms in total. The summed E-state index contributed by atoms with van der Waals surface area (Å²) < 4.78 is 0. The molecule has 0 aliphatic rings. The van der Waals surface area contributed by atoms with E-state index >= 15 is 0 Å². The summed E-state index contributed by atoms with van der Waals surface area (Å²) in [5.74, 6) is -1.47. The summed E-state index contributed by atoms with van der Waals surface area (Å²) in [4.78, 5) is 22.9. The van der Waals surface area contributed by atoms with Gasteiger partial charge in [-0.15, -0.1) is 0 Å². The topological polar surface area (TPSA) is 113 Å². The van der Waals surface area contributed by atoms with Gasteiger partial charge in [0.1, 0.15) is 11.8 Å². The Morgan fingerprint density at radius 2 is 1.90 bits per heavy atom. The molecule has 0 spiro atoms. The Labute approximate surface area is 117 Å². The molecule has 1 amide bonds. The number of phenolic OH excluding ortho intramolecular Hbond substituents is 1. The van der Waals surface area contributed by atoms with E-state index in [1.807, 2.05) is 6.92 Å². The molecule has 0 bridgehead atoms. The quantitative estimate of drug-likeness (QED) is 0.585. The molecule has 6 heteroatoms. The zero-order valence-electron chi connectivity index (χ0n) is 11.4. The van der Waals surface area contributed by atoms with E-state index in [0.717, 1.165) is 6.42 Å². The second-order valence-corrected chi connectivity index (χ2v) is 4.67. The molecular formula is C14H20N2O4. The van der Waals surface area contributed by atoms with Crippen molar-refractivity contribution >= 4 is 11.9 Å². The summed E-state index contributed by atoms with van der Waals surface area (Å²) in [6.45, 7) is 1.90. The van der Waals surface area contributed by atoms with Crippen molar-refractivity contribution in [1.82, 2.24) is 5.32 Å². The summed E-state index contributed by atoms with van der Waals surface area (Å²) in [5, 5.41) is 20.8. The number of carbonyl (C=O) groups excluding carboxylic acids is 1. The zero-order valence-corrected chi connectivity index (χ0v) is 11.4. The van der Waals surface area contributed by atoms with Gasteiger partial charge in [-0.3, -0.25) is 4.79 Å². The summed E-state index contributed by atoms with van der Waals surface area (Å²) in [7, 11) is 0. The molecule has 0 radical (unpaired) electrons. The van der Waals surface area contributed by atoms with Gasteiger partial charge in [0, 0.05) is 6.42 Å². The van der Waals surface area contributed by atoms with Crippen molar-refractivity contribution < 1.29 is 19.8 Å². The molecule has 0 aliphatic heterocycles. The number of carbonyl (C=O) groups is 2. The Hall–Kier alpha value is -2.08. The Bertz CT molecular complexity index is 459. The van der Waals surface area contributed by atoms with Crippen molar-refractivity contribution in [3.05, 3.63) is 29.8 Å². The summed E-state index contributed by atoms with van der Waals surface area (Å²) in [6.07, 6.45) is 1.40. The van der Waals surface area contributed by atoms with E-state index in [9.17, 15) is 14.7 Å². The first-order valence-corrected chi connectivity index (χ1v) is 6.50. The second-order valence-electron chi connectivity index (χ2n) is 4.67. The van der Waals surface area contributed by atoms with Crippen LogP contribution in [0.4, 0.5) is 0 Å².